The number of carboxylic acid groups (broad SMARTS) is 1. The molecule has 24 heavy (non-hydrogen) atoms. The first-order valence-corrected chi connectivity index (χ1v) is 8.19. The van der Waals surface area contributed by atoms with Gasteiger partial charge in [-0.2, -0.15) is 0 Å². The second kappa shape index (κ2) is 5.67. The van der Waals surface area contributed by atoms with Gasteiger partial charge in [0, 0.05) is 17.4 Å². The summed E-state index contributed by atoms with van der Waals surface area (Å²) in [7, 11) is 0. The van der Waals surface area contributed by atoms with E-state index >= 15 is 0 Å². The summed E-state index contributed by atoms with van der Waals surface area (Å²) in [5.41, 5.74) is 1.34. The molecule has 0 spiro atoms. The molecule has 122 valence electrons. The summed E-state index contributed by atoms with van der Waals surface area (Å²) in [5, 5.41) is 12.6. The predicted molar refractivity (Wildman–Crippen MR) is 92.1 cm³/mol. The van der Waals surface area contributed by atoms with Crippen molar-refractivity contribution < 1.29 is 14.7 Å². The van der Waals surface area contributed by atoms with Crippen molar-refractivity contribution in [1.82, 2.24) is 9.88 Å². The maximum Gasteiger partial charge on any atom is 0.326 e. The third-order valence-corrected chi connectivity index (χ3v) is 4.81. The normalized spacial score (nSPS) is 18.2. The Bertz CT molecular complexity index is 944. The van der Waals surface area contributed by atoms with Gasteiger partial charge in [-0.1, -0.05) is 30.3 Å². The molecule has 0 radical (unpaired) electrons. The third kappa shape index (κ3) is 2.33. The molecule has 5 heteroatoms. The smallest absolute Gasteiger partial charge is 0.326 e. The van der Waals surface area contributed by atoms with E-state index in [9.17, 15) is 14.7 Å². The maximum absolute atomic E-state index is 12.9. The van der Waals surface area contributed by atoms with Crippen molar-refractivity contribution >= 4 is 33.6 Å². The monoisotopic (exact) mass is 322 g/mol. The van der Waals surface area contributed by atoms with Crippen molar-refractivity contribution in [3.63, 3.8) is 0 Å². The van der Waals surface area contributed by atoms with E-state index in [2.05, 4.69) is 4.98 Å². The number of hydrogen-bond acceptors (Lipinski definition) is 2. The number of aliphatic carboxylic acids is 1. The van der Waals surface area contributed by atoms with E-state index in [0.29, 0.717) is 18.7 Å². The maximum atomic E-state index is 12.9. The summed E-state index contributed by atoms with van der Waals surface area (Å²) in [6.07, 6.45) is 2.21. The average molecular weight is 322 g/mol. The minimum atomic E-state index is -0.926. The SMILES string of the molecule is O=C(O)C1CCCCN1C(=O)c1cc2c(ccc3ccccc32)[nH]1. The second-order valence-electron chi connectivity index (χ2n) is 6.28. The molecule has 1 amide bonds. The van der Waals surface area contributed by atoms with Crippen LogP contribution in [0.5, 0.6) is 0 Å². The lowest BCUT2D eigenvalue weighted by Gasteiger charge is -2.32. The molecule has 1 aliphatic heterocycles. The molecule has 1 unspecified atom stereocenters. The summed E-state index contributed by atoms with van der Waals surface area (Å²) in [6, 6.07) is 13.1. The van der Waals surface area contributed by atoms with Gasteiger partial charge in [0.1, 0.15) is 11.7 Å². The van der Waals surface area contributed by atoms with Gasteiger partial charge in [0.05, 0.1) is 0 Å². The number of nitrogens with zero attached hydrogens (tertiary/aromatic N) is 1. The first-order valence-electron chi connectivity index (χ1n) is 8.19. The molecule has 1 atom stereocenters. The number of rotatable bonds is 2. The number of fused-ring (bicyclic) bond motifs is 3. The fourth-order valence-corrected chi connectivity index (χ4v) is 3.59. The zero-order valence-corrected chi connectivity index (χ0v) is 13.2. The number of H-pyrrole nitrogens is 1. The van der Waals surface area contributed by atoms with E-state index in [4.69, 9.17) is 0 Å². The average Bonchev–Trinajstić information content (AvgIpc) is 3.05. The summed E-state index contributed by atoms with van der Waals surface area (Å²) in [4.78, 5) is 28.9. The van der Waals surface area contributed by atoms with E-state index in [1.165, 1.54) is 4.90 Å². The zero-order chi connectivity index (χ0) is 16.7. The largest absolute Gasteiger partial charge is 0.480 e. The van der Waals surface area contributed by atoms with Crippen LogP contribution in [0.1, 0.15) is 29.8 Å². The van der Waals surface area contributed by atoms with Crippen LogP contribution in [-0.4, -0.2) is 39.5 Å². The topological polar surface area (TPSA) is 73.4 Å². The Labute approximate surface area is 138 Å². The Hall–Kier alpha value is -2.82. The van der Waals surface area contributed by atoms with E-state index in [1.54, 1.807) is 0 Å². The predicted octanol–water partition coefficient (Wildman–Crippen LogP) is 3.40. The lowest BCUT2D eigenvalue weighted by atomic mass is 10.0. The van der Waals surface area contributed by atoms with Crippen LogP contribution >= 0.6 is 0 Å². The van der Waals surface area contributed by atoms with Gasteiger partial charge in [0.15, 0.2) is 0 Å². The number of aromatic amines is 1. The standard InChI is InChI=1S/C19H18N2O3/c22-18(21-10-4-3-7-17(21)19(23)24)16-11-14-13-6-2-1-5-12(13)8-9-15(14)20-16/h1-2,5-6,8-9,11,17,20H,3-4,7,10H2,(H,23,24). The number of amides is 1. The van der Waals surface area contributed by atoms with Crippen LogP contribution in [-0.2, 0) is 4.79 Å². The van der Waals surface area contributed by atoms with Gasteiger partial charge in [0.2, 0.25) is 0 Å². The molecule has 3 aromatic rings. The summed E-state index contributed by atoms with van der Waals surface area (Å²) in [5.74, 6) is -1.16. The number of hydrogen-bond donors (Lipinski definition) is 2. The van der Waals surface area contributed by atoms with Gasteiger partial charge in [-0.25, -0.2) is 4.79 Å². The van der Waals surface area contributed by atoms with Gasteiger partial charge in [-0.05, 0) is 42.2 Å². The zero-order valence-electron chi connectivity index (χ0n) is 13.2. The second-order valence-corrected chi connectivity index (χ2v) is 6.28. The number of nitrogens with one attached hydrogen (secondary N) is 1. The molecule has 5 nitrogen and oxygen atoms in total. The Balaban J connectivity index is 1.77. The molecular weight excluding hydrogens is 304 g/mol. The third-order valence-electron chi connectivity index (χ3n) is 4.81. The highest BCUT2D eigenvalue weighted by Gasteiger charge is 2.33. The number of aromatic nitrogens is 1. The van der Waals surface area contributed by atoms with Crippen LogP contribution in [0.3, 0.4) is 0 Å². The summed E-state index contributed by atoms with van der Waals surface area (Å²) in [6.45, 7) is 0.492. The van der Waals surface area contributed by atoms with Gasteiger partial charge < -0.3 is 15.0 Å². The fraction of sp³-hybridized carbons (Fsp3) is 0.263. The molecule has 1 saturated heterocycles. The molecule has 2 N–H and O–H groups in total. The quantitative estimate of drug-likeness (QED) is 0.759. The van der Waals surface area contributed by atoms with E-state index < -0.39 is 12.0 Å². The molecule has 1 aliphatic rings. The van der Waals surface area contributed by atoms with Crippen molar-refractivity contribution in [1.29, 1.82) is 0 Å². The van der Waals surface area contributed by atoms with E-state index in [-0.39, 0.29) is 5.91 Å². The first-order chi connectivity index (χ1) is 11.6. The molecule has 4 rings (SSSR count). The Morgan fingerprint density at radius 3 is 2.75 bits per heavy atom. The van der Waals surface area contributed by atoms with Crippen molar-refractivity contribution in [2.75, 3.05) is 6.54 Å². The minimum absolute atomic E-state index is 0.234. The minimum Gasteiger partial charge on any atom is -0.480 e. The molecule has 1 aromatic heterocycles. The number of likely N-dealkylation sites (tertiary alicyclic amines) is 1. The lowest BCUT2D eigenvalue weighted by molar-refractivity contribution is -0.143. The first kappa shape index (κ1) is 14.8. The van der Waals surface area contributed by atoms with Crippen LogP contribution in [0.2, 0.25) is 0 Å². The van der Waals surface area contributed by atoms with Gasteiger partial charge in [-0.3, -0.25) is 4.79 Å². The van der Waals surface area contributed by atoms with Crippen LogP contribution in [0, 0.1) is 0 Å². The van der Waals surface area contributed by atoms with Gasteiger partial charge in [0.25, 0.3) is 5.91 Å². The molecule has 0 saturated carbocycles. The number of carbonyl (C=O) groups excluding carboxylic acids is 1. The van der Waals surface area contributed by atoms with Crippen LogP contribution in [0.4, 0.5) is 0 Å². The molecule has 2 heterocycles. The molecule has 2 aromatic carbocycles. The van der Waals surface area contributed by atoms with Crippen LogP contribution < -0.4 is 0 Å². The van der Waals surface area contributed by atoms with E-state index in [0.717, 1.165) is 34.5 Å². The van der Waals surface area contributed by atoms with Crippen LogP contribution in [0.25, 0.3) is 21.7 Å². The van der Waals surface area contributed by atoms with Crippen molar-refractivity contribution in [3.8, 4) is 0 Å². The van der Waals surface area contributed by atoms with E-state index in [1.807, 2.05) is 42.5 Å². The van der Waals surface area contributed by atoms with Crippen molar-refractivity contribution in [3.05, 3.63) is 48.2 Å². The molecule has 0 bridgehead atoms. The van der Waals surface area contributed by atoms with Gasteiger partial charge >= 0.3 is 5.97 Å². The number of carbonyl (C=O) groups is 2. The van der Waals surface area contributed by atoms with Crippen molar-refractivity contribution in [2.45, 2.75) is 25.3 Å². The Kier molecular flexibility index (Phi) is 3.49. The Morgan fingerprint density at radius 2 is 1.92 bits per heavy atom. The number of carboxylic acids is 1. The van der Waals surface area contributed by atoms with Crippen molar-refractivity contribution in [2.24, 2.45) is 0 Å². The molecular formula is C19H18N2O3. The summed E-state index contributed by atoms with van der Waals surface area (Å²) < 4.78 is 0. The summed E-state index contributed by atoms with van der Waals surface area (Å²) >= 11 is 0. The Morgan fingerprint density at radius 1 is 1.08 bits per heavy atom. The highest BCUT2D eigenvalue weighted by Crippen LogP contribution is 2.27. The van der Waals surface area contributed by atoms with Gasteiger partial charge in [-0.15, -0.1) is 0 Å². The highest BCUT2D eigenvalue weighted by atomic mass is 16.4. The molecule has 0 aliphatic carbocycles. The molecule has 1 fully saturated rings. The number of benzene rings is 2. The fourth-order valence-electron chi connectivity index (χ4n) is 3.59. The lowest BCUT2D eigenvalue weighted by Crippen LogP contribution is -2.48. The number of piperidine rings is 1. The highest BCUT2D eigenvalue weighted by molar-refractivity contribution is 6.10. The van der Waals surface area contributed by atoms with Crippen LogP contribution in [0.15, 0.2) is 42.5 Å².